The number of tetrazole rings is 1. The van der Waals surface area contributed by atoms with Crippen LogP contribution in [0.2, 0.25) is 0 Å². The van der Waals surface area contributed by atoms with Crippen molar-refractivity contribution in [3.8, 4) is 0 Å². The molecule has 8 heteroatoms. The van der Waals surface area contributed by atoms with Crippen LogP contribution in [-0.2, 0) is 9.53 Å². The van der Waals surface area contributed by atoms with E-state index in [1.807, 2.05) is 30.3 Å². The van der Waals surface area contributed by atoms with Gasteiger partial charge in [-0.25, -0.2) is 4.79 Å². The highest BCUT2D eigenvalue weighted by atomic mass is 16.5. The number of nitrogens with one attached hydrogen (secondary N) is 1. The van der Waals surface area contributed by atoms with Crippen LogP contribution in [0.5, 0.6) is 0 Å². The largest absolute Gasteiger partial charge is 0.452 e. The Labute approximate surface area is 143 Å². The van der Waals surface area contributed by atoms with Gasteiger partial charge in [0.05, 0.1) is 5.69 Å². The fraction of sp³-hybridized carbons (Fsp3) is 0.118. The number of Topliss-reactive ketones (excluding diaryl/α,β-unsaturated/α-hetero) is 1. The van der Waals surface area contributed by atoms with Crippen LogP contribution < -0.4 is 0 Å². The molecule has 1 aromatic carbocycles. The third-order valence-electron chi connectivity index (χ3n) is 3.40. The second kappa shape index (κ2) is 7.35. The minimum absolute atomic E-state index is 0.119. The summed E-state index contributed by atoms with van der Waals surface area (Å²) in [6.45, 7) is 1.28. The minimum Gasteiger partial charge on any atom is -0.452 e. The third kappa shape index (κ3) is 3.86. The van der Waals surface area contributed by atoms with Gasteiger partial charge in [0.15, 0.2) is 18.1 Å². The second-order valence-corrected chi connectivity index (χ2v) is 5.16. The monoisotopic (exact) mass is 337 g/mol. The average molecular weight is 337 g/mol. The van der Waals surface area contributed by atoms with E-state index in [-0.39, 0.29) is 18.1 Å². The maximum Gasteiger partial charge on any atom is 0.357 e. The minimum atomic E-state index is -0.695. The van der Waals surface area contributed by atoms with Gasteiger partial charge in [-0.15, -0.1) is 5.10 Å². The summed E-state index contributed by atoms with van der Waals surface area (Å²) in [5, 5.41) is 11.1. The fourth-order valence-electron chi connectivity index (χ4n) is 2.15. The Morgan fingerprint density at radius 2 is 2.00 bits per heavy atom. The van der Waals surface area contributed by atoms with Crippen molar-refractivity contribution in [3.63, 3.8) is 0 Å². The number of benzene rings is 1. The summed E-state index contributed by atoms with van der Waals surface area (Å²) in [7, 11) is 0. The molecule has 0 aliphatic rings. The van der Waals surface area contributed by atoms with Crippen molar-refractivity contribution >= 4 is 23.5 Å². The number of esters is 1. The number of aryl methyl sites for hydroxylation is 1. The summed E-state index contributed by atoms with van der Waals surface area (Å²) in [6.07, 6.45) is 3.23. The van der Waals surface area contributed by atoms with Gasteiger partial charge in [-0.1, -0.05) is 30.3 Å². The molecule has 0 aliphatic carbocycles. The van der Waals surface area contributed by atoms with Gasteiger partial charge in [0, 0.05) is 6.20 Å². The molecule has 0 saturated carbocycles. The Morgan fingerprint density at radius 3 is 2.64 bits per heavy atom. The number of aromatic amines is 1. The van der Waals surface area contributed by atoms with Crippen LogP contribution >= 0.6 is 0 Å². The Kier molecular flexibility index (Phi) is 4.79. The van der Waals surface area contributed by atoms with E-state index in [2.05, 4.69) is 20.5 Å². The maximum absolute atomic E-state index is 12.5. The molecule has 0 spiro atoms. The molecule has 2 heterocycles. The molecule has 3 aromatic rings. The van der Waals surface area contributed by atoms with E-state index < -0.39 is 5.97 Å². The van der Waals surface area contributed by atoms with Crippen LogP contribution in [0.4, 0.5) is 0 Å². The lowest BCUT2D eigenvalue weighted by atomic mass is 10.2. The summed E-state index contributed by atoms with van der Waals surface area (Å²) < 4.78 is 6.42. The molecule has 8 nitrogen and oxygen atoms in total. The van der Waals surface area contributed by atoms with E-state index in [0.717, 1.165) is 5.56 Å². The summed E-state index contributed by atoms with van der Waals surface area (Å²) in [5.41, 5.74) is 1.27. The number of carbonyl (C=O) groups is 2. The number of hydrogen-bond acceptors (Lipinski definition) is 6. The fourth-order valence-corrected chi connectivity index (χ4v) is 2.15. The normalized spacial score (nSPS) is 11.3. The predicted octanol–water partition coefficient (Wildman–Crippen LogP) is 1.73. The highest BCUT2D eigenvalue weighted by Gasteiger charge is 2.19. The number of H-pyrrole nitrogens is 1. The van der Waals surface area contributed by atoms with Crippen molar-refractivity contribution in [2.45, 2.75) is 6.92 Å². The molecule has 0 aliphatic heterocycles. The lowest BCUT2D eigenvalue weighted by molar-refractivity contribution is -0.136. The van der Waals surface area contributed by atoms with E-state index in [1.165, 1.54) is 4.68 Å². The molecule has 25 heavy (non-hydrogen) atoms. The van der Waals surface area contributed by atoms with E-state index in [9.17, 15) is 9.59 Å². The van der Waals surface area contributed by atoms with Crippen LogP contribution in [0.25, 0.3) is 11.8 Å². The number of ketones is 1. The van der Waals surface area contributed by atoms with Gasteiger partial charge in [0.25, 0.3) is 0 Å². The maximum atomic E-state index is 12.5. The summed E-state index contributed by atoms with van der Waals surface area (Å²) in [6, 6.07) is 12.5. The van der Waals surface area contributed by atoms with Crippen LogP contribution in [0.15, 0.2) is 48.7 Å². The summed E-state index contributed by atoms with van der Waals surface area (Å²) >= 11 is 0. The Bertz CT molecular complexity index is 898. The SMILES string of the molecule is Cc1nnnn1/C(=C\c1ccccc1)C(=O)OCC(=O)c1ccc[nH]1. The Hall–Kier alpha value is -3.55. The molecule has 0 amide bonds. The van der Waals surface area contributed by atoms with Gasteiger partial charge in [0.2, 0.25) is 5.78 Å². The summed E-state index contributed by atoms with van der Waals surface area (Å²) in [5.74, 6) is -0.597. The van der Waals surface area contributed by atoms with E-state index in [0.29, 0.717) is 11.5 Å². The van der Waals surface area contributed by atoms with E-state index in [1.54, 1.807) is 31.3 Å². The molecule has 2 aromatic heterocycles. The van der Waals surface area contributed by atoms with Crippen LogP contribution in [0.3, 0.4) is 0 Å². The third-order valence-corrected chi connectivity index (χ3v) is 3.40. The van der Waals surface area contributed by atoms with E-state index >= 15 is 0 Å². The zero-order valence-corrected chi connectivity index (χ0v) is 13.4. The van der Waals surface area contributed by atoms with Gasteiger partial charge >= 0.3 is 5.97 Å². The zero-order chi connectivity index (χ0) is 17.6. The predicted molar refractivity (Wildman–Crippen MR) is 89.2 cm³/mol. The molecular formula is C17H15N5O3. The lowest BCUT2D eigenvalue weighted by Crippen LogP contribution is -2.19. The molecular weight excluding hydrogens is 322 g/mol. The quantitative estimate of drug-likeness (QED) is 0.417. The summed E-state index contributed by atoms with van der Waals surface area (Å²) in [4.78, 5) is 27.2. The smallest absolute Gasteiger partial charge is 0.357 e. The van der Waals surface area contributed by atoms with Crippen molar-refractivity contribution < 1.29 is 14.3 Å². The zero-order valence-electron chi connectivity index (χ0n) is 13.4. The van der Waals surface area contributed by atoms with Crippen LogP contribution in [0.1, 0.15) is 21.9 Å². The average Bonchev–Trinajstić information content (AvgIpc) is 3.30. The van der Waals surface area contributed by atoms with Crippen molar-refractivity contribution in [1.82, 2.24) is 25.2 Å². The molecule has 0 atom stereocenters. The van der Waals surface area contributed by atoms with Crippen molar-refractivity contribution in [2.24, 2.45) is 0 Å². The number of carbonyl (C=O) groups excluding carboxylic acids is 2. The molecule has 0 fully saturated rings. The standard InChI is InChI=1S/C17H15N5O3/c1-12-19-20-21-22(12)15(10-13-6-3-2-4-7-13)17(24)25-11-16(23)14-8-5-9-18-14/h2-10,18H,11H2,1H3/b15-10-. The van der Waals surface area contributed by atoms with Gasteiger partial charge in [0.1, 0.15) is 0 Å². The van der Waals surface area contributed by atoms with Gasteiger partial charge in [-0.3, -0.25) is 4.79 Å². The first-order chi connectivity index (χ1) is 12.1. The van der Waals surface area contributed by atoms with Gasteiger partial charge in [-0.05, 0) is 41.1 Å². The number of hydrogen-bond donors (Lipinski definition) is 1. The Balaban J connectivity index is 1.82. The molecule has 0 radical (unpaired) electrons. The number of aromatic nitrogens is 5. The molecule has 0 unspecified atom stereocenters. The molecule has 0 saturated heterocycles. The molecule has 126 valence electrons. The number of ether oxygens (including phenoxy) is 1. The second-order valence-electron chi connectivity index (χ2n) is 5.16. The molecule has 0 bridgehead atoms. The first-order valence-corrected chi connectivity index (χ1v) is 7.51. The number of rotatable bonds is 6. The Morgan fingerprint density at radius 1 is 1.20 bits per heavy atom. The van der Waals surface area contributed by atoms with Crippen LogP contribution in [0, 0.1) is 6.92 Å². The highest BCUT2D eigenvalue weighted by molar-refractivity contribution is 6.15. The van der Waals surface area contributed by atoms with Crippen molar-refractivity contribution in [1.29, 1.82) is 0 Å². The van der Waals surface area contributed by atoms with E-state index in [4.69, 9.17) is 4.74 Å². The molecule has 1 N–H and O–H groups in total. The topological polar surface area (TPSA) is 103 Å². The van der Waals surface area contributed by atoms with Gasteiger partial charge < -0.3 is 9.72 Å². The highest BCUT2D eigenvalue weighted by Crippen LogP contribution is 2.14. The molecule has 3 rings (SSSR count). The lowest BCUT2D eigenvalue weighted by Gasteiger charge is -2.08. The van der Waals surface area contributed by atoms with Crippen molar-refractivity contribution in [2.75, 3.05) is 6.61 Å². The van der Waals surface area contributed by atoms with Crippen molar-refractivity contribution in [3.05, 3.63) is 65.7 Å². The van der Waals surface area contributed by atoms with Crippen LogP contribution in [-0.4, -0.2) is 43.6 Å². The van der Waals surface area contributed by atoms with Gasteiger partial charge in [-0.2, -0.15) is 4.68 Å². The first kappa shape index (κ1) is 16.3. The number of nitrogens with zero attached hydrogens (tertiary/aromatic N) is 4. The first-order valence-electron chi connectivity index (χ1n) is 7.51.